The van der Waals surface area contributed by atoms with E-state index in [0.29, 0.717) is 5.92 Å². The van der Waals surface area contributed by atoms with Crippen LogP contribution in [0.1, 0.15) is 88.7 Å². The van der Waals surface area contributed by atoms with E-state index in [0.717, 1.165) is 11.1 Å². The first-order chi connectivity index (χ1) is 10.00. The van der Waals surface area contributed by atoms with Crippen molar-refractivity contribution in [2.45, 2.75) is 73.3 Å². The van der Waals surface area contributed by atoms with Gasteiger partial charge in [0.15, 0.2) is 5.78 Å². The summed E-state index contributed by atoms with van der Waals surface area (Å²) in [6.45, 7) is 16.1. The second-order valence-corrected chi connectivity index (χ2v) is 7.90. The summed E-state index contributed by atoms with van der Waals surface area (Å²) in [6, 6.07) is 6.14. The fourth-order valence-electron chi connectivity index (χ4n) is 2.94. The molecule has 0 aromatic heterocycles. The van der Waals surface area contributed by atoms with Crippen molar-refractivity contribution in [2.24, 2.45) is 11.3 Å². The third-order valence-electron chi connectivity index (χ3n) is 4.57. The minimum Gasteiger partial charge on any atom is -0.392 e. The second kappa shape index (κ2) is 6.95. The van der Waals surface area contributed by atoms with Gasteiger partial charge in [-0.15, -0.1) is 0 Å². The molecule has 0 amide bonds. The molecule has 22 heavy (non-hydrogen) atoms. The van der Waals surface area contributed by atoms with Gasteiger partial charge in [0, 0.05) is 5.56 Å². The van der Waals surface area contributed by atoms with Crippen molar-refractivity contribution < 1.29 is 9.90 Å². The Bertz CT molecular complexity index is 525. The van der Waals surface area contributed by atoms with E-state index in [1.807, 2.05) is 39.8 Å². The Morgan fingerprint density at radius 3 is 1.95 bits per heavy atom. The molecule has 0 heterocycles. The predicted octanol–water partition coefficient (Wildman–Crippen LogP) is 5.16. The highest BCUT2D eigenvalue weighted by Crippen LogP contribution is 2.34. The molecule has 1 aromatic carbocycles. The van der Waals surface area contributed by atoms with E-state index in [1.165, 1.54) is 5.56 Å². The van der Waals surface area contributed by atoms with Crippen molar-refractivity contribution in [2.75, 3.05) is 0 Å². The Labute approximate surface area is 135 Å². The maximum Gasteiger partial charge on any atom is 0.171 e. The summed E-state index contributed by atoms with van der Waals surface area (Å²) < 4.78 is 0. The van der Waals surface area contributed by atoms with Gasteiger partial charge in [-0.1, -0.05) is 73.6 Å². The molecule has 0 fully saturated rings. The van der Waals surface area contributed by atoms with Gasteiger partial charge in [0.25, 0.3) is 0 Å². The van der Waals surface area contributed by atoms with Gasteiger partial charge in [0.2, 0.25) is 0 Å². The van der Waals surface area contributed by atoms with Crippen LogP contribution < -0.4 is 0 Å². The van der Waals surface area contributed by atoms with Crippen molar-refractivity contribution in [3.63, 3.8) is 0 Å². The molecule has 0 radical (unpaired) electrons. The molecule has 124 valence electrons. The number of aliphatic hydroxyl groups is 1. The van der Waals surface area contributed by atoms with Crippen LogP contribution in [0.25, 0.3) is 0 Å². The van der Waals surface area contributed by atoms with E-state index in [1.54, 1.807) is 0 Å². The summed E-state index contributed by atoms with van der Waals surface area (Å²) in [5.74, 6) is 0.810. The minimum absolute atomic E-state index is 0.0349. The fraction of sp³-hybridized carbons (Fsp3) is 0.650. The zero-order valence-electron chi connectivity index (χ0n) is 15.4. The molecule has 0 bridgehead atoms. The molecular formula is C20H32O2. The number of hydrogen-bond acceptors (Lipinski definition) is 2. The lowest BCUT2D eigenvalue weighted by molar-refractivity contribution is 0.0166. The Morgan fingerprint density at radius 1 is 1.00 bits per heavy atom. The van der Waals surface area contributed by atoms with Gasteiger partial charge in [-0.2, -0.15) is 0 Å². The van der Waals surface area contributed by atoms with E-state index in [4.69, 9.17) is 0 Å². The van der Waals surface area contributed by atoms with Crippen LogP contribution in [0.5, 0.6) is 0 Å². The molecule has 0 aliphatic heterocycles. The summed E-state index contributed by atoms with van der Waals surface area (Å²) >= 11 is 0. The molecule has 1 rings (SSSR count). The predicted molar refractivity (Wildman–Crippen MR) is 93.6 cm³/mol. The molecule has 0 saturated heterocycles. The van der Waals surface area contributed by atoms with Crippen LogP contribution in [0, 0.1) is 11.3 Å². The van der Waals surface area contributed by atoms with E-state index in [2.05, 4.69) is 33.8 Å². The number of rotatable bonds is 6. The molecule has 1 unspecified atom stereocenters. The monoisotopic (exact) mass is 304 g/mol. The lowest BCUT2D eigenvalue weighted by atomic mass is 9.73. The van der Waals surface area contributed by atoms with Gasteiger partial charge in [-0.05, 0) is 28.9 Å². The summed E-state index contributed by atoms with van der Waals surface area (Å²) in [5, 5.41) is 10.4. The molecular weight excluding hydrogens is 272 g/mol. The molecule has 2 heteroatoms. The maximum absolute atomic E-state index is 13.1. The first kappa shape index (κ1) is 18.9. The van der Waals surface area contributed by atoms with E-state index >= 15 is 0 Å². The third kappa shape index (κ3) is 3.78. The second-order valence-electron chi connectivity index (χ2n) is 7.90. The summed E-state index contributed by atoms with van der Waals surface area (Å²) in [7, 11) is 0. The molecule has 0 aliphatic rings. The van der Waals surface area contributed by atoms with Crippen LogP contribution in [-0.4, -0.2) is 17.0 Å². The third-order valence-corrected chi connectivity index (χ3v) is 4.57. The number of hydrogen-bond donors (Lipinski definition) is 1. The number of Topliss-reactive ketones (excluding diaryl/α,β-unsaturated/α-hetero) is 1. The number of aliphatic hydroxyl groups excluding tert-OH is 1. The molecule has 2 nitrogen and oxygen atoms in total. The highest BCUT2D eigenvalue weighted by molar-refractivity contribution is 6.02. The van der Waals surface area contributed by atoms with E-state index in [-0.39, 0.29) is 17.6 Å². The van der Waals surface area contributed by atoms with Crippen molar-refractivity contribution in [3.05, 3.63) is 34.9 Å². The van der Waals surface area contributed by atoms with Crippen molar-refractivity contribution in [1.82, 2.24) is 0 Å². The quantitative estimate of drug-likeness (QED) is 0.737. The van der Waals surface area contributed by atoms with Crippen molar-refractivity contribution in [3.8, 4) is 0 Å². The summed E-state index contributed by atoms with van der Waals surface area (Å²) in [5.41, 5.74) is 2.31. The summed E-state index contributed by atoms with van der Waals surface area (Å²) in [4.78, 5) is 13.1. The molecule has 1 atom stereocenters. The van der Waals surface area contributed by atoms with Gasteiger partial charge in [0.1, 0.15) is 0 Å². The van der Waals surface area contributed by atoms with Crippen LogP contribution in [0.2, 0.25) is 0 Å². The van der Waals surface area contributed by atoms with E-state index < -0.39 is 11.5 Å². The van der Waals surface area contributed by atoms with Gasteiger partial charge in [0.05, 0.1) is 11.5 Å². The average Bonchev–Trinajstić information content (AvgIpc) is 2.44. The lowest BCUT2D eigenvalue weighted by Gasteiger charge is -2.33. The Morgan fingerprint density at radius 2 is 1.55 bits per heavy atom. The normalized spacial score (nSPS) is 14.0. The number of carbonyl (C=O) groups is 1. The maximum atomic E-state index is 13.1. The van der Waals surface area contributed by atoms with Crippen LogP contribution in [-0.2, 0) is 0 Å². The minimum atomic E-state index is -0.781. The van der Waals surface area contributed by atoms with E-state index in [9.17, 15) is 9.90 Å². The smallest absolute Gasteiger partial charge is 0.171 e. The molecule has 1 aromatic rings. The SMILES string of the molecule is CC(C)c1ccc(C(=O)C(C)(C)C(O)C(C)C)c(C(C)C)c1. The largest absolute Gasteiger partial charge is 0.392 e. The van der Waals surface area contributed by atoms with Gasteiger partial charge >= 0.3 is 0 Å². The van der Waals surface area contributed by atoms with Crippen LogP contribution in [0.4, 0.5) is 0 Å². The number of carbonyl (C=O) groups excluding carboxylic acids is 1. The fourth-order valence-corrected chi connectivity index (χ4v) is 2.94. The van der Waals surface area contributed by atoms with Gasteiger partial charge < -0.3 is 5.11 Å². The Kier molecular flexibility index (Phi) is 5.97. The standard InChI is InChI=1S/C20H32O2/c1-12(2)15-9-10-16(17(11-15)13(3)4)19(22)20(7,8)18(21)14(5)6/h9-14,18,21H,1-8H3. The van der Waals surface area contributed by atoms with Crippen LogP contribution in [0.15, 0.2) is 18.2 Å². The highest BCUT2D eigenvalue weighted by Gasteiger charge is 2.38. The van der Waals surface area contributed by atoms with Crippen molar-refractivity contribution >= 4 is 5.78 Å². The first-order valence-corrected chi connectivity index (χ1v) is 8.36. The topological polar surface area (TPSA) is 37.3 Å². The van der Waals surface area contributed by atoms with Gasteiger partial charge in [-0.25, -0.2) is 0 Å². The Hall–Kier alpha value is -1.15. The van der Waals surface area contributed by atoms with Crippen LogP contribution in [0.3, 0.4) is 0 Å². The average molecular weight is 304 g/mol. The zero-order valence-corrected chi connectivity index (χ0v) is 15.4. The van der Waals surface area contributed by atoms with Crippen LogP contribution >= 0.6 is 0 Å². The zero-order chi connectivity index (χ0) is 17.2. The number of benzene rings is 1. The molecule has 0 saturated carbocycles. The summed E-state index contributed by atoms with van der Waals surface area (Å²) in [6.07, 6.45) is -0.648. The first-order valence-electron chi connectivity index (χ1n) is 8.36. The lowest BCUT2D eigenvalue weighted by Crippen LogP contribution is -2.40. The van der Waals surface area contributed by atoms with Gasteiger partial charge in [-0.3, -0.25) is 4.79 Å². The molecule has 0 aliphatic carbocycles. The molecule has 1 N–H and O–H groups in total. The molecule has 0 spiro atoms. The number of ketones is 1. The highest BCUT2D eigenvalue weighted by atomic mass is 16.3. The Balaban J connectivity index is 3.34. The van der Waals surface area contributed by atoms with Crippen molar-refractivity contribution in [1.29, 1.82) is 0 Å².